The molecule has 2 aromatic rings. The summed E-state index contributed by atoms with van der Waals surface area (Å²) in [4.78, 5) is 28.6. The molecule has 1 unspecified atom stereocenters. The van der Waals surface area contributed by atoms with E-state index in [1.54, 1.807) is 18.0 Å². The van der Waals surface area contributed by atoms with Crippen molar-refractivity contribution in [2.24, 2.45) is 0 Å². The number of likely N-dealkylation sites (N-methyl/N-ethyl adjacent to an activating group) is 1. The first kappa shape index (κ1) is 16.5. The van der Waals surface area contributed by atoms with Gasteiger partial charge in [-0.2, -0.15) is 0 Å². The van der Waals surface area contributed by atoms with E-state index in [1.165, 1.54) is 16.2 Å². The van der Waals surface area contributed by atoms with E-state index in [2.05, 4.69) is 12.2 Å². The molecule has 126 valence electrons. The Bertz CT molecular complexity index is 784. The molecule has 1 aromatic carbocycles. The number of thiophene rings is 1. The number of aryl methyl sites for hydroxylation is 2. The average Bonchev–Trinajstić information content (AvgIpc) is 3.00. The lowest BCUT2D eigenvalue weighted by atomic mass is 10.1. The van der Waals surface area contributed by atoms with E-state index in [1.807, 2.05) is 31.2 Å². The fourth-order valence-electron chi connectivity index (χ4n) is 2.83. The Balaban J connectivity index is 1.98. The molecule has 24 heavy (non-hydrogen) atoms. The minimum absolute atomic E-state index is 0.0903. The number of nitrogens with one attached hydrogen (secondary N) is 1. The molecule has 5 nitrogen and oxygen atoms in total. The minimum atomic E-state index is -0.708. The maximum atomic E-state index is 13.0. The zero-order chi connectivity index (χ0) is 17.3. The maximum absolute atomic E-state index is 13.0. The van der Waals surface area contributed by atoms with E-state index in [9.17, 15) is 9.59 Å². The van der Waals surface area contributed by atoms with Crippen molar-refractivity contribution >= 4 is 28.8 Å². The summed E-state index contributed by atoms with van der Waals surface area (Å²) in [7, 11) is 1.56. The first-order valence-corrected chi connectivity index (χ1v) is 8.75. The summed E-state index contributed by atoms with van der Waals surface area (Å²) in [5.74, 6) is 0.223. The molecule has 0 saturated heterocycles. The number of anilines is 1. The summed E-state index contributed by atoms with van der Waals surface area (Å²) in [6.45, 7) is 4.30. The number of rotatable bonds is 3. The molecule has 0 saturated carbocycles. The van der Waals surface area contributed by atoms with Crippen LogP contribution in [0.25, 0.3) is 0 Å². The van der Waals surface area contributed by atoms with Crippen molar-refractivity contribution < 1.29 is 14.3 Å². The Morgan fingerprint density at radius 1 is 1.38 bits per heavy atom. The van der Waals surface area contributed by atoms with Crippen molar-refractivity contribution in [1.29, 1.82) is 0 Å². The molecule has 2 heterocycles. The third-order valence-electron chi connectivity index (χ3n) is 4.11. The number of nitrogens with zero attached hydrogens (tertiary/aromatic N) is 1. The highest BCUT2D eigenvalue weighted by molar-refractivity contribution is 7.14. The standard InChI is InChI=1S/C18H20N2O3S/c1-4-15-11(2)9-16(24-15)18(22)20-10-14(17(21)19-3)23-13-8-6-5-7-12(13)20/h5-9,14H,4,10H2,1-3H3,(H,19,21). The first-order valence-electron chi connectivity index (χ1n) is 7.93. The average molecular weight is 344 g/mol. The molecule has 0 bridgehead atoms. The molecule has 1 atom stereocenters. The fourth-order valence-corrected chi connectivity index (χ4v) is 3.90. The third kappa shape index (κ3) is 2.89. The summed E-state index contributed by atoms with van der Waals surface area (Å²) in [5, 5.41) is 2.59. The van der Waals surface area contributed by atoms with Crippen LogP contribution >= 0.6 is 11.3 Å². The zero-order valence-electron chi connectivity index (χ0n) is 14.0. The van der Waals surface area contributed by atoms with Gasteiger partial charge in [0.2, 0.25) is 0 Å². The molecule has 6 heteroatoms. The lowest BCUT2D eigenvalue weighted by Crippen LogP contribution is -2.50. The quantitative estimate of drug-likeness (QED) is 0.931. The van der Waals surface area contributed by atoms with E-state index in [0.29, 0.717) is 16.3 Å². The van der Waals surface area contributed by atoms with Crippen LogP contribution in [0.4, 0.5) is 5.69 Å². The zero-order valence-corrected chi connectivity index (χ0v) is 14.8. The second kappa shape index (κ2) is 6.65. The first-order chi connectivity index (χ1) is 11.5. The maximum Gasteiger partial charge on any atom is 0.268 e. The van der Waals surface area contributed by atoms with Crippen LogP contribution in [0.3, 0.4) is 0 Å². The number of hydrogen-bond donors (Lipinski definition) is 1. The van der Waals surface area contributed by atoms with Crippen molar-refractivity contribution in [3.8, 4) is 5.75 Å². The second-order valence-electron chi connectivity index (χ2n) is 5.67. The lowest BCUT2D eigenvalue weighted by molar-refractivity contribution is -0.127. The highest BCUT2D eigenvalue weighted by Gasteiger charge is 2.34. The van der Waals surface area contributed by atoms with Gasteiger partial charge < -0.3 is 10.1 Å². The molecular formula is C18H20N2O3S. The minimum Gasteiger partial charge on any atom is -0.477 e. The van der Waals surface area contributed by atoms with Crippen LogP contribution in [0.5, 0.6) is 5.75 Å². The fraction of sp³-hybridized carbons (Fsp3) is 0.333. The number of amides is 2. The molecule has 1 aromatic heterocycles. The van der Waals surface area contributed by atoms with Crippen LogP contribution in [0.2, 0.25) is 0 Å². The smallest absolute Gasteiger partial charge is 0.268 e. The van der Waals surface area contributed by atoms with Gasteiger partial charge in [-0.05, 0) is 37.1 Å². The highest BCUT2D eigenvalue weighted by atomic mass is 32.1. The molecule has 1 aliphatic heterocycles. The van der Waals surface area contributed by atoms with Crippen molar-refractivity contribution in [3.63, 3.8) is 0 Å². The van der Waals surface area contributed by atoms with E-state index in [0.717, 1.165) is 12.0 Å². The summed E-state index contributed by atoms with van der Waals surface area (Å²) in [5.41, 5.74) is 1.84. The van der Waals surface area contributed by atoms with Crippen LogP contribution in [-0.2, 0) is 11.2 Å². The molecule has 0 fully saturated rings. The third-order valence-corrected chi connectivity index (χ3v) is 5.48. The number of hydrogen-bond acceptors (Lipinski definition) is 4. The Morgan fingerprint density at radius 2 is 2.12 bits per heavy atom. The van der Waals surface area contributed by atoms with Crippen LogP contribution < -0.4 is 15.0 Å². The van der Waals surface area contributed by atoms with Crippen LogP contribution in [-0.4, -0.2) is 31.5 Å². The molecule has 1 N–H and O–H groups in total. The second-order valence-corrected chi connectivity index (χ2v) is 6.81. The number of benzene rings is 1. The number of fused-ring (bicyclic) bond motifs is 1. The highest BCUT2D eigenvalue weighted by Crippen LogP contribution is 2.35. The largest absolute Gasteiger partial charge is 0.477 e. The van der Waals surface area contributed by atoms with Crippen LogP contribution in [0.1, 0.15) is 27.0 Å². The van der Waals surface area contributed by atoms with E-state index in [-0.39, 0.29) is 18.4 Å². The van der Waals surface area contributed by atoms with Gasteiger partial charge in [-0.3, -0.25) is 14.5 Å². The molecular weight excluding hydrogens is 324 g/mol. The monoisotopic (exact) mass is 344 g/mol. The van der Waals surface area contributed by atoms with Crippen molar-refractivity contribution in [2.75, 3.05) is 18.5 Å². The predicted octanol–water partition coefficient (Wildman–Crippen LogP) is 2.77. The van der Waals surface area contributed by atoms with Gasteiger partial charge in [-0.1, -0.05) is 19.1 Å². The summed E-state index contributed by atoms with van der Waals surface area (Å²) in [6.07, 6.45) is 0.199. The lowest BCUT2D eigenvalue weighted by Gasteiger charge is -2.33. The van der Waals surface area contributed by atoms with Crippen LogP contribution in [0, 0.1) is 6.92 Å². The Morgan fingerprint density at radius 3 is 2.79 bits per heavy atom. The van der Waals surface area contributed by atoms with Gasteiger partial charge in [0.1, 0.15) is 5.75 Å². The van der Waals surface area contributed by atoms with Crippen molar-refractivity contribution in [1.82, 2.24) is 5.32 Å². The Kier molecular flexibility index (Phi) is 4.57. The number of ether oxygens (including phenoxy) is 1. The topological polar surface area (TPSA) is 58.6 Å². The van der Waals surface area contributed by atoms with E-state index < -0.39 is 6.10 Å². The molecule has 2 amide bonds. The van der Waals surface area contributed by atoms with Gasteiger partial charge in [0.15, 0.2) is 6.10 Å². The SMILES string of the molecule is CCc1sc(C(=O)N2CC(C(=O)NC)Oc3ccccc32)cc1C. The van der Waals surface area contributed by atoms with Crippen molar-refractivity contribution in [2.45, 2.75) is 26.4 Å². The molecule has 0 aliphatic carbocycles. The predicted molar refractivity (Wildman–Crippen MR) is 95.0 cm³/mol. The van der Waals surface area contributed by atoms with Gasteiger partial charge in [0, 0.05) is 11.9 Å². The number of carbonyl (C=O) groups is 2. The number of para-hydroxylation sites is 2. The van der Waals surface area contributed by atoms with Gasteiger partial charge in [-0.15, -0.1) is 11.3 Å². The molecule has 0 spiro atoms. The molecule has 0 radical (unpaired) electrons. The summed E-state index contributed by atoms with van der Waals surface area (Å²) >= 11 is 1.52. The van der Waals surface area contributed by atoms with Gasteiger partial charge >= 0.3 is 0 Å². The van der Waals surface area contributed by atoms with E-state index >= 15 is 0 Å². The van der Waals surface area contributed by atoms with Crippen molar-refractivity contribution in [3.05, 3.63) is 45.6 Å². The van der Waals surface area contributed by atoms with Gasteiger partial charge in [0.25, 0.3) is 11.8 Å². The molecule has 3 rings (SSSR count). The summed E-state index contributed by atoms with van der Waals surface area (Å²) < 4.78 is 5.75. The Hall–Kier alpha value is -2.34. The molecule has 1 aliphatic rings. The summed E-state index contributed by atoms with van der Waals surface area (Å²) in [6, 6.07) is 9.24. The van der Waals surface area contributed by atoms with E-state index in [4.69, 9.17) is 4.74 Å². The number of carbonyl (C=O) groups excluding carboxylic acids is 2. The normalized spacial score (nSPS) is 16.3. The van der Waals surface area contributed by atoms with Gasteiger partial charge in [0.05, 0.1) is 17.1 Å². The van der Waals surface area contributed by atoms with Gasteiger partial charge in [-0.25, -0.2) is 0 Å². The Labute approximate surface area is 145 Å². The van der Waals surface area contributed by atoms with Crippen LogP contribution in [0.15, 0.2) is 30.3 Å².